The van der Waals surface area contributed by atoms with E-state index in [2.05, 4.69) is 11.7 Å². The normalized spacial score (nSPS) is 27.8. The summed E-state index contributed by atoms with van der Waals surface area (Å²) >= 11 is 0. The van der Waals surface area contributed by atoms with Crippen LogP contribution in [0.25, 0.3) is 0 Å². The highest BCUT2D eigenvalue weighted by molar-refractivity contribution is 5.97. The van der Waals surface area contributed by atoms with Crippen LogP contribution >= 0.6 is 0 Å². The van der Waals surface area contributed by atoms with Crippen LogP contribution in [0, 0.1) is 0 Å². The predicted molar refractivity (Wildman–Crippen MR) is 30.3 cm³/mol. The Morgan fingerprint density at radius 2 is 2.33 bits per heavy atom. The maximum absolute atomic E-state index is 10.6. The van der Waals surface area contributed by atoms with Gasteiger partial charge in [-0.15, -0.1) is 0 Å². The highest BCUT2D eigenvalue weighted by Crippen LogP contribution is 2.54. The van der Waals surface area contributed by atoms with Gasteiger partial charge in [-0.05, 0) is 6.92 Å². The van der Waals surface area contributed by atoms with E-state index in [0.29, 0.717) is 6.04 Å². The molecule has 1 fully saturated rings. The van der Waals surface area contributed by atoms with Crippen LogP contribution in [0.15, 0.2) is 11.4 Å². The molecule has 0 saturated carbocycles. The Balaban J connectivity index is 2.07. The molecular formula is C6H7NO2. The molecular weight excluding hydrogens is 118 g/mol. The van der Waals surface area contributed by atoms with Gasteiger partial charge in [-0.1, -0.05) is 0 Å². The summed E-state index contributed by atoms with van der Waals surface area (Å²) in [6.45, 7) is 2.06. The third-order valence-electron chi connectivity index (χ3n) is 1.79. The number of carbonyl (C=O) groups excluding carboxylic acids is 1. The Kier molecular flexibility index (Phi) is 0.605. The molecule has 2 aliphatic rings. The van der Waals surface area contributed by atoms with Gasteiger partial charge in [-0.2, -0.15) is 0 Å². The fourth-order valence-electron chi connectivity index (χ4n) is 1.11. The van der Waals surface area contributed by atoms with Gasteiger partial charge in [0.2, 0.25) is 0 Å². The smallest absolute Gasteiger partial charge is 0.356 e. The van der Waals surface area contributed by atoms with Crippen molar-refractivity contribution in [3.63, 3.8) is 0 Å². The maximum Gasteiger partial charge on any atom is 0.356 e. The first kappa shape index (κ1) is 4.85. The van der Waals surface area contributed by atoms with Crippen LogP contribution in [-0.4, -0.2) is 24.0 Å². The van der Waals surface area contributed by atoms with E-state index in [1.165, 1.54) is 12.8 Å². The summed E-state index contributed by atoms with van der Waals surface area (Å²) in [6.07, 6.45) is 0. The summed E-state index contributed by atoms with van der Waals surface area (Å²) in [4.78, 5) is 12.6. The van der Waals surface area contributed by atoms with Crippen molar-refractivity contribution in [1.82, 2.24) is 4.90 Å². The van der Waals surface area contributed by atoms with Crippen LogP contribution in [0.3, 0.4) is 0 Å². The monoisotopic (exact) mass is 125 g/mol. The zero-order valence-corrected chi connectivity index (χ0v) is 5.34. The van der Waals surface area contributed by atoms with E-state index < -0.39 is 0 Å². The van der Waals surface area contributed by atoms with Gasteiger partial charge < -0.3 is 9.64 Å². The number of ether oxygens (including phenoxy) is 1. The fraction of sp³-hybridized carbons (Fsp3) is 0.500. The van der Waals surface area contributed by atoms with E-state index in [9.17, 15) is 4.79 Å². The van der Waals surface area contributed by atoms with Crippen LogP contribution in [0.5, 0.6) is 0 Å². The molecule has 0 aromatic rings. The number of hydrogen-bond acceptors (Lipinski definition) is 3. The molecule has 0 spiro atoms. The molecule has 0 amide bonds. The Hall–Kier alpha value is -0.990. The Bertz CT molecular complexity index is 216. The van der Waals surface area contributed by atoms with Gasteiger partial charge in [0.25, 0.3) is 0 Å². The second-order valence-electron chi connectivity index (χ2n) is 2.27. The average molecular weight is 125 g/mol. The lowest BCUT2D eigenvalue weighted by atomic mass is 10.3. The van der Waals surface area contributed by atoms with E-state index in [1.54, 1.807) is 0 Å². The molecule has 0 aromatic heterocycles. The zero-order chi connectivity index (χ0) is 6.59. The lowest BCUT2D eigenvalue weighted by Gasteiger charge is -1.96. The number of esters is 1. The third kappa shape index (κ3) is 0.399. The van der Waals surface area contributed by atoms with E-state index in [4.69, 9.17) is 0 Å². The molecule has 9 heavy (non-hydrogen) atoms. The van der Waals surface area contributed by atoms with Crippen molar-refractivity contribution in [3.05, 3.63) is 11.4 Å². The number of fused-ring (bicyclic) bond motifs is 1. The minimum atomic E-state index is -0.192. The van der Waals surface area contributed by atoms with Gasteiger partial charge in [0.1, 0.15) is 5.70 Å². The zero-order valence-electron chi connectivity index (χ0n) is 5.34. The second kappa shape index (κ2) is 1.12. The first-order valence-electron chi connectivity index (χ1n) is 2.89. The van der Waals surface area contributed by atoms with Gasteiger partial charge in [-0.25, -0.2) is 4.79 Å². The van der Waals surface area contributed by atoms with Crippen LogP contribution in [0.1, 0.15) is 6.92 Å². The number of hydrogen-bond donors (Lipinski definition) is 0. The number of rotatable bonds is 1. The summed E-state index contributed by atoms with van der Waals surface area (Å²) in [6, 6.07) is 0.527. The maximum atomic E-state index is 10.6. The molecule has 2 rings (SSSR count). The van der Waals surface area contributed by atoms with Crippen molar-refractivity contribution < 1.29 is 9.53 Å². The van der Waals surface area contributed by atoms with Crippen LogP contribution in [-0.2, 0) is 9.53 Å². The third-order valence-corrected chi connectivity index (χ3v) is 1.79. The molecule has 1 atom stereocenters. The summed E-state index contributed by atoms with van der Waals surface area (Å²) in [5.74, 6) is -0.192. The second-order valence-corrected chi connectivity index (χ2v) is 2.27. The van der Waals surface area contributed by atoms with Crippen molar-refractivity contribution in [2.24, 2.45) is 0 Å². The lowest BCUT2D eigenvalue weighted by Crippen LogP contribution is -2.08. The first-order valence-corrected chi connectivity index (χ1v) is 2.89. The van der Waals surface area contributed by atoms with Crippen LogP contribution < -0.4 is 0 Å². The number of methoxy groups -OCH3 is 1. The largest absolute Gasteiger partial charge is 0.464 e. The minimum absolute atomic E-state index is 0.192. The molecule has 48 valence electrons. The van der Waals surface area contributed by atoms with E-state index in [0.717, 1.165) is 5.70 Å². The predicted octanol–water partition coefficient (Wildman–Crippen LogP) is 0.0887. The minimum Gasteiger partial charge on any atom is -0.464 e. The van der Waals surface area contributed by atoms with E-state index in [-0.39, 0.29) is 5.97 Å². The van der Waals surface area contributed by atoms with Crippen LogP contribution in [0.2, 0.25) is 0 Å². The van der Waals surface area contributed by atoms with Gasteiger partial charge >= 0.3 is 5.97 Å². The molecule has 2 aliphatic heterocycles. The topological polar surface area (TPSA) is 29.3 Å². The van der Waals surface area contributed by atoms with Gasteiger partial charge in [0.15, 0.2) is 0 Å². The summed E-state index contributed by atoms with van der Waals surface area (Å²) in [5.41, 5.74) is 1.95. The molecule has 0 N–H and O–H groups in total. The Labute approximate surface area is 52.9 Å². The lowest BCUT2D eigenvalue weighted by molar-refractivity contribution is -0.136. The standard InChI is InChI=1S/C6H7NO2/c1-3-4-5(7(3)4)6(8)9-2/h3H,1-2H3. The highest BCUT2D eigenvalue weighted by Gasteiger charge is 2.60. The average Bonchev–Trinajstić information content (AvgIpc) is 2.70. The number of carbonyl (C=O) groups is 1. The van der Waals surface area contributed by atoms with Crippen molar-refractivity contribution in [3.8, 4) is 0 Å². The molecule has 2 heterocycles. The van der Waals surface area contributed by atoms with Crippen molar-refractivity contribution >= 4 is 5.97 Å². The molecule has 0 aliphatic carbocycles. The van der Waals surface area contributed by atoms with Gasteiger partial charge in [0, 0.05) is 0 Å². The summed E-state index contributed by atoms with van der Waals surface area (Å²) in [7, 11) is 1.40. The summed E-state index contributed by atoms with van der Waals surface area (Å²) in [5, 5.41) is 0. The SMILES string of the molecule is COC(=O)C1=C2C(C)N12. The molecule has 1 unspecified atom stereocenters. The molecule has 3 heteroatoms. The quantitative estimate of drug-likeness (QED) is 0.367. The highest BCUT2D eigenvalue weighted by atomic mass is 16.5. The first-order chi connectivity index (χ1) is 4.27. The number of nitrogens with zero attached hydrogens (tertiary/aromatic N) is 1. The van der Waals surface area contributed by atoms with Crippen molar-refractivity contribution in [2.75, 3.05) is 7.11 Å². The Morgan fingerprint density at radius 3 is 2.67 bits per heavy atom. The van der Waals surface area contributed by atoms with Crippen molar-refractivity contribution in [1.29, 1.82) is 0 Å². The molecule has 0 aromatic carbocycles. The molecule has 3 nitrogen and oxygen atoms in total. The van der Waals surface area contributed by atoms with E-state index in [1.807, 2.05) is 4.90 Å². The van der Waals surface area contributed by atoms with E-state index >= 15 is 0 Å². The van der Waals surface area contributed by atoms with Crippen molar-refractivity contribution in [2.45, 2.75) is 13.0 Å². The molecule has 1 saturated heterocycles. The molecule has 0 bridgehead atoms. The van der Waals surface area contributed by atoms with Gasteiger partial charge in [0.05, 0.1) is 18.8 Å². The summed E-state index contributed by atoms with van der Waals surface area (Å²) < 4.78 is 4.48. The fourth-order valence-corrected chi connectivity index (χ4v) is 1.11. The molecule has 0 radical (unpaired) electrons. The Morgan fingerprint density at radius 1 is 1.78 bits per heavy atom. The van der Waals surface area contributed by atoms with Crippen LogP contribution in [0.4, 0.5) is 0 Å². The van der Waals surface area contributed by atoms with Gasteiger partial charge in [-0.3, -0.25) is 0 Å².